The molecule has 1 fully saturated rings. The van der Waals surface area contributed by atoms with Gasteiger partial charge in [0.15, 0.2) is 6.10 Å². The highest BCUT2D eigenvalue weighted by atomic mass is 31.2. The fourth-order valence-corrected chi connectivity index (χ4v) is 7.37. The molecule has 1 aliphatic carbocycles. The van der Waals surface area contributed by atoms with Crippen molar-refractivity contribution in [3.8, 4) is 0 Å². The largest absolute Gasteiger partial charge is 0.472 e. The molecule has 54 heavy (non-hydrogen) atoms. The fourth-order valence-electron chi connectivity index (χ4n) is 6.40. The van der Waals surface area contributed by atoms with E-state index in [0.29, 0.717) is 12.8 Å². The smallest absolute Gasteiger partial charge is 0.462 e. The molecule has 1 rings (SSSR count). The number of carbonyl (C=O) groups excluding carboxylic acids is 2. The Labute approximate surface area is 324 Å². The minimum absolute atomic E-state index is 0.0902. The lowest BCUT2D eigenvalue weighted by molar-refractivity contribution is -0.220. The van der Waals surface area contributed by atoms with E-state index < -0.39 is 75.7 Å². The molecule has 0 saturated heterocycles. The van der Waals surface area contributed by atoms with Gasteiger partial charge in [-0.15, -0.1) is 0 Å². The van der Waals surface area contributed by atoms with Crippen LogP contribution in [0.1, 0.15) is 174 Å². The highest BCUT2D eigenvalue weighted by Crippen LogP contribution is 2.47. The molecule has 0 aromatic heterocycles. The topological polar surface area (TPSA) is 210 Å². The number of phosphoric ester groups is 1. The first-order valence-corrected chi connectivity index (χ1v) is 22.5. The summed E-state index contributed by atoms with van der Waals surface area (Å²) >= 11 is 0. The van der Waals surface area contributed by atoms with E-state index in [1.807, 2.05) is 0 Å². The Morgan fingerprint density at radius 2 is 0.944 bits per heavy atom. The van der Waals surface area contributed by atoms with Gasteiger partial charge in [-0.05, 0) is 38.5 Å². The summed E-state index contributed by atoms with van der Waals surface area (Å²) in [5.74, 6) is -1.11. The quantitative estimate of drug-likeness (QED) is 0.0166. The van der Waals surface area contributed by atoms with Crippen LogP contribution in [0.25, 0.3) is 0 Å². The average Bonchev–Trinajstić information content (AvgIpc) is 3.15. The normalized spacial score (nSPS) is 23.3. The van der Waals surface area contributed by atoms with Gasteiger partial charge in [0.2, 0.25) is 0 Å². The molecular formula is C40H75O13P. The van der Waals surface area contributed by atoms with Crippen molar-refractivity contribution in [2.75, 3.05) is 13.2 Å². The Balaban J connectivity index is 2.51. The fraction of sp³-hybridized carbons (Fsp3) is 0.900. The molecule has 6 N–H and O–H groups in total. The number of esters is 2. The Morgan fingerprint density at radius 1 is 0.556 bits per heavy atom. The predicted molar refractivity (Wildman–Crippen MR) is 207 cm³/mol. The molecule has 0 aromatic rings. The third-order valence-electron chi connectivity index (χ3n) is 9.86. The summed E-state index contributed by atoms with van der Waals surface area (Å²) in [7, 11) is -5.11. The van der Waals surface area contributed by atoms with Crippen LogP contribution in [0.5, 0.6) is 0 Å². The number of hydrogen-bond donors (Lipinski definition) is 6. The van der Waals surface area contributed by atoms with Gasteiger partial charge in [-0.3, -0.25) is 18.6 Å². The highest BCUT2D eigenvalue weighted by molar-refractivity contribution is 7.47. The van der Waals surface area contributed by atoms with Crippen molar-refractivity contribution in [1.29, 1.82) is 0 Å². The zero-order valence-corrected chi connectivity index (χ0v) is 34.2. The van der Waals surface area contributed by atoms with Crippen molar-refractivity contribution in [2.45, 2.75) is 217 Å². The number of carbonyl (C=O) groups is 2. The number of phosphoric acid groups is 1. The molecule has 0 radical (unpaired) electrons. The molecule has 8 atom stereocenters. The van der Waals surface area contributed by atoms with E-state index in [0.717, 1.165) is 57.8 Å². The number of ether oxygens (including phenoxy) is 2. The van der Waals surface area contributed by atoms with Gasteiger partial charge in [0.25, 0.3) is 0 Å². The van der Waals surface area contributed by atoms with Crippen LogP contribution in [0, 0.1) is 0 Å². The molecule has 6 unspecified atom stereocenters. The summed E-state index contributed by atoms with van der Waals surface area (Å²) in [4.78, 5) is 35.5. The Morgan fingerprint density at radius 3 is 1.41 bits per heavy atom. The number of hydrogen-bond acceptors (Lipinski definition) is 12. The van der Waals surface area contributed by atoms with Crippen molar-refractivity contribution in [3.63, 3.8) is 0 Å². The van der Waals surface area contributed by atoms with Gasteiger partial charge < -0.3 is 39.9 Å². The molecule has 318 valence electrons. The van der Waals surface area contributed by atoms with E-state index in [-0.39, 0.29) is 12.8 Å². The van der Waals surface area contributed by atoms with Crippen molar-refractivity contribution >= 4 is 19.8 Å². The van der Waals surface area contributed by atoms with E-state index in [4.69, 9.17) is 18.5 Å². The van der Waals surface area contributed by atoms with Crippen LogP contribution < -0.4 is 0 Å². The summed E-state index contributed by atoms with van der Waals surface area (Å²) in [6.07, 6.45) is 17.1. The molecule has 1 aliphatic rings. The minimum Gasteiger partial charge on any atom is -0.462 e. The van der Waals surface area contributed by atoms with E-state index in [1.165, 1.54) is 77.0 Å². The standard InChI is InChI=1S/C40H75O13P/c1-3-5-7-9-11-13-15-16-17-19-21-23-25-27-29-34(42)52-32(30-50-33(41)28-26-24-22-20-18-14-12-10-8-6-4-2)31-51-54(48,49)53-40-38(46)36(44)35(43)37(45)39(40)47/h15-16,32,35-40,43-47H,3-14,17-31H2,1-2H3,(H,48,49)/b16-15-/t32-,35?,36-,37?,38?,39?,40?/m1/s1. The van der Waals surface area contributed by atoms with Gasteiger partial charge in [0, 0.05) is 12.8 Å². The van der Waals surface area contributed by atoms with Gasteiger partial charge in [0.05, 0.1) is 6.61 Å². The van der Waals surface area contributed by atoms with Crippen LogP contribution >= 0.6 is 7.82 Å². The molecule has 0 aromatic carbocycles. The lowest BCUT2D eigenvalue weighted by Gasteiger charge is -2.41. The number of aliphatic hydroxyl groups excluding tert-OH is 5. The van der Waals surface area contributed by atoms with Crippen molar-refractivity contribution in [2.24, 2.45) is 0 Å². The van der Waals surface area contributed by atoms with Crippen LogP contribution in [-0.2, 0) is 32.7 Å². The molecular weight excluding hydrogens is 719 g/mol. The van der Waals surface area contributed by atoms with Crippen LogP contribution in [0.4, 0.5) is 0 Å². The predicted octanol–water partition coefficient (Wildman–Crippen LogP) is 7.11. The number of allylic oxidation sites excluding steroid dienone is 2. The Hall–Kier alpha value is -1.41. The van der Waals surface area contributed by atoms with Crippen LogP contribution in [0.15, 0.2) is 12.2 Å². The van der Waals surface area contributed by atoms with Gasteiger partial charge in [-0.1, -0.05) is 135 Å². The second-order valence-electron chi connectivity index (χ2n) is 14.8. The lowest BCUT2D eigenvalue weighted by Crippen LogP contribution is -2.64. The zero-order chi connectivity index (χ0) is 40.0. The molecule has 0 heterocycles. The van der Waals surface area contributed by atoms with Crippen molar-refractivity contribution < 1.29 is 63.1 Å². The summed E-state index contributed by atoms with van der Waals surface area (Å²) in [5.41, 5.74) is 0. The van der Waals surface area contributed by atoms with Crippen LogP contribution in [-0.4, -0.2) is 98.3 Å². The van der Waals surface area contributed by atoms with E-state index in [1.54, 1.807) is 0 Å². The molecule has 1 saturated carbocycles. The SMILES string of the molecule is CCCCCCC/C=C\CCCCCCCC(=O)O[C@H](COC(=O)CCCCCCCCCCCCC)COP(=O)(O)OC1C(O)C(O)C(O)[C@@H](O)C1O. The summed E-state index contributed by atoms with van der Waals surface area (Å²) < 4.78 is 33.4. The van der Waals surface area contributed by atoms with Gasteiger partial charge in [-0.25, -0.2) is 4.57 Å². The first-order chi connectivity index (χ1) is 25.9. The Kier molecular flexibility index (Phi) is 29.7. The molecule has 0 spiro atoms. The monoisotopic (exact) mass is 794 g/mol. The third-order valence-corrected chi connectivity index (χ3v) is 10.8. The van der Waals surface area contributed by atoms with Gasteiger partial charge >= 0.3 is 19.8 Å². The first kappa shape index (κ1) is 50.6. The summed E-state index contributed by atoms with van der Waals surface area (Å²) in [5, 5.41) is 50.0. The second-order valence-corrected chi connectivity index (χ2v) is 16.3. The second kappa shape index (κ2) is 31.6. The molecule has 0 amide bonds. The highest BCUT2D eigenvalue weighted by Gasteiger charge is 2.51. The number of aliphatic hydroxyl groups is 5. The van der Waals surface area contributed by atoms with Crippen molar-refractivity contribution in [1.82, 2.24) is 0 Å². The first-order valence-electron chi connectivity index (χ1n) is 21.0. The van der Waals surface area contributed by atoms with E-state index in [9.17, 15) is 44.6 Å². The zero-order valence-electron chi connectivity index (χ0n) is 33.3. The molecule has 13 nitrogen and oxygen atoms in total. The Bertz CT molecular complexity index is 1010. The minimum atomic E-state index is -5.11. The molecule has 0 bridgehead atoms. The summed E-state index contributed by atoms with van der Waals surface area (Å²) in [6, 6.07) is 0. The van der Waals surface area contributed by atoms with Gasteiger partial charge in [-0.2, -0.15) is 0 Å². The van der Waals surface area contributed by atoms with E-state index in [2.05, 4.69) is 26.0 Å². The van der Waals surface area contributed by atoms with Crippen LogP contribution in [0.3, 0.4) is 0 Å². The average molecular weight is 795 g/mol. The van der Waals surface area contributed by atoms with Gasteiger partial charge in [0.1, 0.15) is 43.2 Å². The van der Waals surface area contributed by atoms with Crippen LogP contribution in [0.2, 0.25) is 0 Å². The van der Waals surface area contributed by atoms with E-state index >= 15 is 0 Å². The molecule has 14 heteroatoms. The third kappa shape index (κ3) is 24.3. The number of rotatable bonds is 34. The lowest BCUT2D eigenvalue weighted by atomic mass is 9.85. The maximum absolute atomic E-state index is 12.8. The maximum atomic E-state index is 12.8. The molecule has 0 aliphatic heterocycles. The summed E-state index contributed by atoms with van der Waals surface area (Å²) in [6.45, 7) is 3.25. The van der Waals surface area contributed by atoms with Crippen molar-refractivity contribution in [3.05, 3.63) is 12.2 Å². The number of unbranched alkanes of at least 4 members (excludes halogenated alkanes) is 20. The maximum Gasteiger partial charge on any atom is 0.472 e.